The molecule has 0 bridgehead atoms. The van der Waals surface area contributed by atoms with Crippen molar-refractivity contribution in [2.75, 3.05) is 6.54 Å². The van der Waals surface area contributed by atoms with E-state index in [2.05, 4.69) is 27.8 Å². The molecule has 2 N–H and O–H groups in total. The summed E-state index contributed by atoms with van der Waals surface area (Å²) in [6.07, 6.45) is 8.34. The molecule has 1 saturated carbocycles. The molecule has 1 fully saturated rings. The fourth-order valence-corrected chi connectivity index (χ4v) is 3.16. The maximum absolute atomic E-state index is 12.7. The first-order valence-electron chi connectivity index (χ1n) is 7.29. The summed E-state index contributed by atoms with van der Waals surface area (Å²) in [7, 11) is 0. The molecule has 1 aliphatic rings. The van der Waals surface area contributed by atoms with E-state index in [9.17, 15) is 4.79 Å². The van der Waals surface area contributed by atoms with Gasteiger partial charge >= 0.3 is 0 Å². The first-order valence-corrected chi connectivity index (χ1v) is 8.08. The molecular formula is C15H22BrN3O. The molecule has 110 valence electrons. The highest BCUT2D eigenvalue weighted by Gasteiger charge is 2.27. The van der Waals surface area contributed by atoms with E-state index in [1.165, 1.54) is 0 Å². The summed E-state index contributed by atoms with van der Waals surface area (Å²) >= 11 is 3.37. The Morgan fingerprint density at radius 2 is 2.10 bits per heavy atom. The first-order chi connectivity index (χ1) is 9.61. The molecule has 1 heterocycles. The van der Waals surface area contributed by atoms with Crippen molar-refractivity contribution in [3.8, 4) is 0 Å². The molecule has 0 spiro atoms. The standard InChI is InChI=1S/C15H22BrN3O/c1-2-7-19(14-5-3-13(17)4-6-14)15(20)11-8-12(16)10-18-9-11/h8-10,13-14H,2-7,17H2,1H3. The summed E-state index contributed by atoms with van der Waals surface area (Å²) in [4.78, 5) is 18.8. The zero-order valence-electron chi connectivity index (χ0n) is 11.9. The molecule has 1 aromatic heterocycles. The van der Waals surface area contributed by atoms with Crippen LogP contribution < -0.4 is 5.73 Å². The summed E-state index contributed by atoms with van der Waals surface area (Å²) in [5.41, 5.74) is 6.61. The fourth-order valence-electron chi connectivity index (χ4n) is 2.80. The van der Waals surface area contributed by atoms with Gasteiger partial charge in [0.15, 0.2) is 0 Å². The second-order valence-electron chi connectivity index (χ2n) is 5.46. The Labute approximate surface area is 128 Å². The Hall–Kier alpha value is -0.940. The predicted octanol–water partition coefficient (Wildman–Crippen LogP) is 2.97. The largest absolute Gasteiger partial charge is 0.336 e. The van der Waals surface area contributed by atoms with E-state index < -0.39 is 0 Å². The number of hydrogen-bond acceptors (Lipinski definition) is 3. The average Bonchev–Trinajstić information content (AvgIpc) is 2.45. The quantitative estimate of drug-likeness (QED) is 0.917. The zero-order chi connectivity index (χ0) is 14.5. The Morgan fingerprint density at radius 3 is 2.70 bits per heavy atom. The number of rotatable bonds is 4. The molecule has 2 rings (SSSR count). The van der Waals surface area contributed by atoms with Gasteiger partial charge in [-0.1, -0.05) is 6.92 Å². The van der Waals surface area contributed by atoms with Crippen molar-refractivity contribution >= 4 is 21.8 Å². The molecule has 0 radical (unpaired) electrons. The van der Waals surface area contributed by atoms with E-state index >= 15 is 0 Å². The summed E-state index contributed by atoms with van der Waals surface area (Å²) in [6.45, 7) is 2.90. The number of nitrogens with two attached hydrogens (primary N) is 1. The van der Waals surface area contributed by atoms with Crippen molar-refractivity contribution in [2.24, 2.45) is 5.73 Å². The van der Waals surface area contributed by atoms with E-state index in [-0.39, 0.29) is 5.91 Å². The molecule has 1 amide bonds. The van der Waals surface area contributed by atoms with Crippen LogP contribution in [0.4, 0.5) is 0 Å². The van der Waals surface area contributed by atoms with Gasteiger partial charge in [-0.2, -0.15) is 0 Å². The topological polar surface area (TPSA) is 59.2 Å². The van der Waals surface area contributed by atoms with Gasteiger partial charge in [-0.15, -0.1) is 0 Å². The van der Waals surface area contributed by atoms with Gasteiger partial charge in [-0.05, 0) is 54.1 Å². The summed E-state index contributed by atoms with van der Waals surface area (Å²) < 4.78 is 0.838. The molecule has 0 aliphatic heterocycles. The van der Waals surface area contributed by atoms with E-state index in [0.717, 1.165) is 43.1 Å². The first kappa shape index (κ1) is 15.4. The van der Waals surface area contributed by atoms with Crippen molar-refractivity contribution < 1.29 is 4.79 Å². The maximum atomic E-state index is 12.7. The third-order valence-electron chi connectivity index (χ3n) is 3.86. The molecule has 0 atom stereocenters. The molecule has 0 aromatic carbocycles. The lowest BCUT2D eigenvalue weighted by Gasteiger charge is -2.36. The zero-order valence-corrected chi connectivity index (χ0v) is 13.5. The van der Waals surface area contributed by atoms with Gasteiger partial charge in [0.1, 0.15) is 0 Å². The highest BCUT2D eigenvalue weighted by molar-refractivity contribution is 9.10. The third kappa shape index (κ3) is 3.79. The number of halogens is 1. The maximum Gasteiger partial charge on any atom is 0.255 e. The highest BCUT2D eigenvalue weighted by atomic mass is 79.9. The monoisotopic (exact) mass is 339 g/mol. The van der Waals surface area contributed by atoms with Crippen molar-refractivity contribution in [1.82, 2.24) is 9.88 Å². The van der Waals surface area contributed by atoms with Crippen LogP contribution in [0.15, 0.2) is 22.9 Å². The molecule has 5 heteroatoms. The number of aromatic nitrogens is 1. The van der Waals surface area contributed by atoms with Crippen LogP contribution >= 0.6 is 15.9 Å². The average molecular weight is 340 g/mol. The van der Waals surface area contributed by atoms with Gasteiger partial charge in [0, 0.05) is 35.5 Å². The van der Waals surface area contributed by atoms with Crippen LogP contribution in [-0.4, -0.2) is 34.4 Å². The van der Waals surface area contributed by atoms with Gasteiger partial charge in [0.25, 0.3) is 5.91 Å². The second kappa shape index (κ2) is 7.18. The minimum absolute atomic E-state index is 0.0844. The van der Waals surface area contributed by atoms with Gasteiger partial charge in [0.05, 0.1) is 5.56 Å². The molecule has 20 heavy (non-hydrogen) atoms. The van der Waals surface area contributed by atoms with E-state index in [1.807, 2.05) is 11.0 Å². The van der Waals surface area contributed by atoms with Crippen LogP contribution in [0.5, 0.6) is 0 Å². The normalized spacial score (nSPS) is 22.6. The van der Waals surface area contributed by atoms with Crippen LogP contribution in [0.3, 0.4) is 0 Å². The van der Waals surface area contributed by atoms with Crippen molar-refractivity contribution in [3.05, 3.63) is 28.5 Å². The molecule has 1 aliphatic carbocycles. The molecule has 1 aromatic rings. The summed E-state index contributed by atoms with van der Waals surface area (Å²) in [6, 6.07) is 2.46. The Morgan fingerprint density at radius 1 is 1.40 bits per heavy atom. The number of carbonyl (C=O) groups excluding carboxylic acids is 1. The fraction of sp³-hybridized carbons (Fsp3) is 0.600. The van der Waals surface area contributed by atoms with Crippen molar-refractivity contribution in [1.29, 1.82) is 0 Å². The lowest BCUT2D eigenvalue weighted by molar-refractivity contribution is 0.0626. The van der Waals surface area contributed by atoms with Gasteiger partial charge in [0.2, 0.25) is 0 Å². The minimum Gasteiger partial charge on any atom is -0.336 e. The van der Waals surface area contributed by atoms with Gasteiger partial charge in [-0.3, -0.25) is 9.78 Å². The van der Waals surface area contributed by atoms with Crippen LogP contribution in [0.1, 0.15) is 49.4 Å². The van der Waals surface area contributed by atoms with Crippen LogP contribution in [0.25, 0.3) is 0 Å². The van der Waals surface area contributed by atoms with E-state index in [0.29, 0.717) is 17.6 Å². The number of amides is 1. The van der Waals surface area contributed by atoms with E-state index in [4.69, 9.17) is 5.73 Å². The number of hydrogen-bond donors (Lipinski definition) is 1. The lowest BCUT2D eigenvalue weighted by Crippen LogP contribution is -2.44. The van der Waals surface area contributed by atoms with Crippen LogP contribution in [0.2, 0.25) is 0 Å². The van der Waals surface area contributed by atoms with Crippen LogP contribution in [0, 0.1) is 0 Å². The molecular weight excluding hydrogens is 318 g/mol. The number of pyridine rings is 1. The van der Waals surface area contributed by atoms with Gasteiger partial charge in [-0.25, -0.2) is 0 Å². The Kier molecular flexibility index (Phi) is 5.54. The molecule has 0 unspecified atom stereocenters. The number of carbonyl (C=O) groups is 1. The molecule has 4 nitrogen and oxygen atoms in total. The minimum atomic E-state index is 0.0844. The SMILES string of the molecule is CCCN(C(=O)c1cncc(Br)c1)C1CCC(N)CC1. The lowest BCUT2D eigenvalue weighted by atomic mass is 9.90. The Bertz CT molecular complexity index is 458. The highest BCUT2D eigenvalue weighted by Crippen LogP contribution is 2.24. The second-order valence-corrected chi connectivity index (χ2v) is 6.37. The van der Waals surface area contributed by atoms with Gasteiger partial charge < -0.3 is 10.6 Å². The molecule has 0 saturated heterocycles. The summed E-state index contributed by atoms with van der Waals surface area (Å²) in [5, 5.41) is 0. The summed E-state index contributed by atoms with van der Waals surface area (Å²) in [5.74, 6) is 0.0844. The third-order valence-corrected chi connectivity index (χ3v) is 4.29. The van der Waals surface area contributed by atoms with E-state index in [1.54, 1.807) is 12.4 Å². The smallest absolute Gasteiger partial charge is 0.255 e. The van der Waals surface area contributed by atoms with Crippen LogP contribution in [-0.2, 0) is 0 Å². The Balaban J connectivity index is 2.13. The van der Waals surface area contributed by atoms with Crippen molar-refractivity contribution in [3.63, 3.8) is 0 Å². The van der Waals surface area contributed by atoms with Crippen molar-refractivity contribution in [2.45, 2.75) is 51.1 Å². The number of nitrogens with zero attached hydrogens (tertiary/aromatic N) is 2. The predicted molar refractivity (Wildman–Crippen MR) is 83.5 cm³/mol.